The number of nitrogen functional groups attached to an aromatic ring is 1. The molecule has 0 atom stereocenters. The van der Waals surface area contributed by atoms with Crippen molar-refractivity contribution in [3.8, 4) is 11.4 Å². The molecule has 2 heterocycles. The summed E-state index contributed by atoms with van der Waals surface area (Å²) in [6.45, 7) is 5.41. The molecule has 1 amide bonds. The lowest BCUT2D eigenvalue weighted by atomic mass is 10.1. The average molecular weight is 342 g/mol. The van der Waals surface area contributed by atoms with E-state index in [1.165, 1.54) is 4.57 Å². The number of amides is 1. The summed E-state index contributed by atoms with van der Waals surface area (Å²) in [6, 6.07) is 3.68. The number of nitrogens with zero attached hydrogens (tertiary/aromatic N) is 2. The normalized spacial score (nSPS) is 11.1. The zero-order chi connectivity index (χ0) is 18.5. The molecule has 2 aromatic heterocycles. The highest BCUT2D eigenvalue weighted by molar-refractivity contribution is 6.12. The highest BCUT2D eigenvalue weighted by Crippen LogP contribution is 2.38. The van der Waals surface area contributed by atoms with Gasteiger partial charge in [-0.1, -0.05) is 6.07 Å². The Morgan fingerprint density at radius 1 is 1.28 bits per heavy atom. The molecule has 3 aromatic rings. The highest BCUT2D eigenvalue weighted by atomic mass is 19.1. The quantitative estimate of drug-likeness (QED) is 0.765. The summed E-state index contributed by atoms with van der Waals surface area (Å²) in [5.74, 6) is -0.595. The number of benzene rings is 1. The second kappa shape index (κ2) is 5.77. The molecule has 0 aliphatic rings. The Morgan fingerprint density at radius 2 is 1.96 bits per heavy atom. The summed E-state index contributed by atoms with van der Waals surface area (Å²) in [5.41, 5.74) is 14.8. The van der Waals surface area contributed by atoms with Gasteiger partial charge in [-0.15, -0.1) is 0 Å². The predicted octanol–water partition coefficient (Wildman–Crippen LogP) is 2.78. The first kappa shape index (κ1) is 16.8. The summed E-state index contributed by atoms with van der Waals surface area (Å²) in [7, 11) is 1.56. The number of hydrogen-bond acceptors (Lipinski definition) is 4. The van der Waals surface area contributed by atoms with Crippen molar-refractivity contribution in [1.29, 1.82) is 0 Å². The number of nitrogens with two attached hydrogens (primary N) is 2. The Hall–Kier alpha value is -3.09. The number of aromatic nitrogens is 2. The Labute approximate surface area is 144 Å². The number of primary amides is 1. The Kier molecular flexibility index (Phi) is 3.87. The van der Waals surface area contributed by atoms with Gasteiger partial charge in [0.15, 0.2) is 5.82 Å². The lowest BCUT2D eigenvalue weighted by Crippen LogP contribution is -2.14. The number of carbonyl (C=O) groups is 1. The van der Waals surface area contributed by atoms with Gasteiger partial charge in [-0.05, 0) is 32.4 Å². The van der Waals surface area contributed by atoms with Crippen molar-refractivity contribution in [2.45, 2.75) is 20.8 Å². The molecule has 3 rings (SSSR count). The van der Waals surface area contributed by atoms with Gasteiger partial charge in [0.1, 0.15) is 11.6 Å². The molecule has 4 N–H and O–H groups in total. The number of rotatable bonds is 3. The minimum atomic E-state index is -0.727. The van der Waals surface area contributed by atoms with Gasteiger partial charge in [-0.3, -0.25) is 14.3 Å². The maximum atomic E-state index is 14.7. The number of halogens is 1. The van der Waals surface area contributed by atoms with Crippen molar-refractivity contribution in [1.82, 2.24) is 9.55 Å². The lowest BCUT2D eigenvalue weighted by Gasteiger charge is -2.17. The van der Waals surface area contributed by atoms with Gasteiger partial charge in [0.2, 0.25) is 0 Å². The van der Waals surface area contributed by atoms with Crippen LogP contribution in [0.4, 0.5) is 10.2 Å². The maximum absolute atomic E-state index is 14.7. The zero-order valence-electron chi connectivity index (χ0n) is 14.5. The molecule has 0 fully saturated rings. The molecule has 6 nitrogen and oxygen atoms in total. The highest BCUT2D eigenvalue weighted by Gasteiger charge is 2.26. The summed E-state index contributed by atoms with van der Waals surface area (Å²) >= 11 is 0. The second-order valence-electron chi connectivity index (χ2n) is 5.93. The summed E-state index contributed by atoms with van der Waals surface area (Å²) in [5, 5.41) is 0.326. The SMILES string of the molecule is COc1ccc(C)c(-n2c(N)c(C(N)=O)c3c(C)ncc(F)c32)c1C. The Morgan fingerprint density at radius 3 is 2.56 bits per heavy atom. The van der Waals surface area contributed by atoms with Gasteiger partial charge in [0, 0.05) is 16.6 Å². The van der Waals surface area contributed by atoms with Crippen molar-refractivity contribution in [2.75, 3.05) is 12.8 Å². The van der Waals surface area contributed by atoms with E-state index in [0.29, 0.717) is 22.5 Å². The third-order valence-corrected chi connectivity index (χ3v) is 4.44. The molecule has 1 aromatic carbocycles. The van der Waals surface area contributed by atoms with Gasteiger partial charge in [-0.25, -0.2) is 4.39 Å². The number of aryl methyl sites for hydroxylation is 2. The number of ether oxygens (including phenoxy) is 1. The van der Waals surface area contributed by atoms with Crippen molar-refractivity contribution in [3.05, 3.63) is 46.5 Å². The summed E-state index contributed by atoms with van der Waals surface area (Å²) in [4.78, 5) is 16.0. The standard InChI is InChI=1S/C18H19FN4O2/c1-8-5-6-12(25-4)9(2)15(8)23-16-11(19)7-22-10(3)13(16)14(17(23)20)18(21)24/h5-7H,20H2,1-4H3,(H2,21,24). The van der Waals surface area contributed by atoms with Gasteiger partial charge < -0.3 is 16.2 Å². The van der Waals surface area contributed by atoms with Crippen molar-refractivity contribution < 1.29 is 13.9 Å². The number of methoxy groups -OCH3 is 1. The Balaban J connectivity index is 2.58. The molecule has 0 aliphatic carbocycles. The van der Waals surface area contributed by atoms with E-state index >= 15 is 0 Å². The largest absolute Gasteiger partial charge is 0.496 e. The number of carbonyl (C=O) groups excluding carboxylic acids is 1. The maximum Gasteiger partial charge on any atom is 0.253 e. The minimum absolute atomic E-state index is 0.0705. The lowest BCUT2D eigenvalue weighted by molar-refractivity contribution is 0.100. The van der Waals surface area contributed by atoms with E-state index in [1.807, 2.05) is 26.0 Å². The molecular weight excluding hydrogens is 323 g/mol. The van der Waals surface area contributed by atoms with Crippen LogP contribution in [-0.4, -0.2) is 22.6 Å². The van der Waals surface area contributed by atoms with E-state index in [1.54, 1.807) is 14.0 Å². The number of hydrogen-bond donors (Lipinski definition) is 2. The van der Waals surface area contributed by atoms with Crippen LogP contribution in [0.25, 0.3) is 16.6 Å². The van der Waals surface area contributed by atoms with Crippen LogP contribution in [0.1, 0.15) is 27.2 Å². The monoisotopic (exact) mass is 342 g/mol. The van der Waals surface area contributed by atoms with E-state index < -0.39 is 11.7 Å². The van der Waals surface area contributed by atoms with Gasteiger partial charge in [0.25, 0.3) is 5.91 Å². The second-order valence-corrected chi connectivity index (χ2v) is 5.93. The molecule has 25 heavy (non-hydrogen) atoms. The van der Waals surface area contributed by atoms with E-state index in [9.17, 15) is 9.18 Å². The van der Waals surface area contributed by atoms with Crippen LogP contribution < -0.4 is 16.2 Å². The summed E-state index contributed by atoms with van der Waals surface area (Å²) < 4.78 is 21.6. The van der Waals surface area contributed by atoms with Gasteiger partial charge in [-0.2, -0.15) is 0 Å². The first-order valence-electron chi connectivity index (χ1n) is 7.68. The van der Waals surface area contributed by atoms with Crippen LogP contribution in [0.2, 0.25) is 0 Å². The van der Waals surface area contributed by atoms with Crippen LogP contribution >= 0.6 is 0 Å². The fourth-order valence-electron chi connectivity index (χ4n) is 3.31. The van der Waals surface area contributed by atoms with Gasteiger partial charge >= 0.3 is 0 Å². The molecule has 0 saturated heterocycles. The predicted molar refractivity (Wildman–Crippen MR) is 94.7 cm³/mol. The Bertz CT molecular complexity index is 1020. The summed E-state index contributed by atoms with van der Waals surface area (Å²) in [6.07, 6.45) is 1.11. The first-order chi connectivity index (χ1) is 11.8. The topological polar surface area (TPSA) is 96.2 Å². The molecule has 0 bridgehead atoms. The van der Waals surface area contributed by atoms with Crippen molar-refractivity contribution in [3.63, 3.8) is 0 Å². The van der Waals surface area contributed by atoms with E-state index in [-0.39, 0.29) is 16.9 Å². The van der Waals surface area contributed by atoms with E-state index in [0.717, 1.165) is 17.3 Å². The average Bonchev–Trinajstić information content (AvgIpc) is 2.86. The van der Waals surface area contributed by atoms with Crippen molar-refractivity contribution >= 4 is 22.6 Å². The number of pyridine rings is 1. The third-order valence-electron chi connectivity index (χ3n) is 4.44. The van der Waals surface area contributed by atoms with Crippen LogP contribution in [0.15, 0.2) is 18.3 Å². The fourth-order valence-corrected chi connectivity index (χ4v) is 3.31. The van der Waals surface area contributed by atoms with Gasteiger partial charge in [0.05, 0.1) is 30.1 Å². The molecule has 0 unspecified atom stereocenters. The molecule has 7 heteroatoms. The van der Waals surface area contributed by atoms with Crippen LogP contribution in [0.3, 0.4) is 0 Å². The molecule has 0 radical (unpaired) electrons. The molecular formula is C18H19FN4O2. The molecule has 0 aliphatic heterocycles. The number of fused-ring (bicyclic) bond motifs is 1. The molecule has 0 saturated carbocycles. The van der Waals surface area contributed by atoms with E-state index in [2.05, 4.69) is 4.98 Å². The first-order valence-corrected chi connectivity index (χ1v) is 7.68. The minimum Gasteiger partial charge on any atom is -0.496 e. The molecule has 130 valence electrons. The van der Waals surface area contributed by atoms with Crippen LogP contribution in [0.5, 0.6) is 5.75 Å². The van der Waals surface area contributed by atoms with Crippen LogP contribution in [-0.2, 0) is 0 Å². The van der Waals surface area contributed by atoms with Crippen molar-refractivity contribution in [2.24, 2.45) is 5.73 Å². The third kappa shape index (κ3) is 2.31. The van der Waals surface area contributed by atoms with Crippen LogP contribution in [0, 0.1) is 26.6 Å². The molecule has 0 spiro atoms. The van der Waals surface area contributed by atoms with E-state index in [4.69, 9.17) is 16.2 Å². The smallest absolute Gasteiger partial charge is 0.253 e. The fraction of sp³-hybridized carbons (Fsp3) is 0.222. The zero-order valence-corrected chi connectivity index (χ0v) is 14.5. The number of anilines is 1.